The second kappa shape index (κ2) is 7.19. The lowest BCUT2D eigenvalue weighted by molar-refractivity contribution is 0.0698. The first-order chi connectivity index (χ1) is 11.1. The van der Waals surface area contributed by atoms with Crippen molar-refractivity contribution in [2.24, 2.45) is 0 Å². The molecule has 0 saturated carbocycles. The maximum Gasteiger partial charge on any atom is 0.273 e. The van der Waals surface area contributed by atoms with Gasteiger partial charge in [0, 0.05) is 24.9 Å². The number of piperidine rings is 1. The van der Waals surface area contributed by atoms with Gasteiger partial charge in [-0.2, -0.15) is 0 Å². The van der Waals surface area contributed by atoms with Crippen molar-refractivity contribution in [3.05, 3.63) is 51.7 Å². The molecule has 0 atom stereocenters. The summed E-state index contributed by atoms with van der Waals surface area (Å²) in [5.74, 6) is -0.258. The average Bonchev–Trinajstić information content (AvgIpc) is 3.05. The van der Waals surface area contributed by atoms with E-state index in [4.69, 9.17) is 0 Å². The minimum Gasteiger partial charge on any atom is -0.337 e. The van der Waals surface area contributed by atoms with Crippen molar-refractivity contribution in [3.63, 3.8) is 0 Å². The second-order valence-corrected chi connectivity index (χ2v) is 6.77. The Morgan fingerprint density at radius 1 is 1.35 bits per heavy atom. The van der Waals surface area contributed by atoms with E-state index >= 15 is 0 Å². The van der Waals surface area contributed by atoms with Crippen LogP contribution in [0.15, 0.2) is 29.6 Å². The topological polar surface area (TPSA) is 45.2 Å². The Morgan fingerprint density at radius 2 is 2.04 bits per heavy atom. The number of carbonyl (C=O) groups excluding carboxylic acids is 1. The van der Waals surface area contributed by atoms with E-state index in [0.29, 0.717) is 12.1 Å². The maximum atomic E-state index is 12.9. The Hall–Kier alpha value is -1.79. The number of benzene rings is 1. The number of carbonyl (C=O) groups is 1. The standard InChI is InChI=1S/C17H20FN3OS/c1-21(14-6-8-19-9-7-14)17(22)15-11-23-16(20-15)10-12-2-4-13(18)5-3-12/h2-5,11,14,19H,6-10H2,1H3. The van der Waals surface area contributed by atoms with Crippen LogP contribution in [0.4, 0.5) is 4.39 Å². The largest absolute Gasteiger partial charge is 0.337 e. The predicted octanol–water partition coefficient (Wildman–Crippen LogP) is 2.70. The molecule has 2 heterocycles. The zero-order valence-corrected chi connectivity index (χ0v) is 13.9. The van der Waals surface area contributed by atoms with Crippen molar-refractivity contribution in [2.45, 2.75) is 25.3 Å². The number of hydrogen-bond donors (Lipinski definition) is 1. The smallest absolute Gasteiger partial charge is 0.273 e. The van der Waals surface area contributed by atoms with E-state index in [0.717, 1.165) is 36.5 Å². The number of nitrogens with one attached hydrogen (secondary N) is 1. The van der Waals surface area contributed by atoms with Crippen molar-refractivity contribution < 1.29 is 9.18 Å². The van der Waals surface area contributed by atoms with Crippen molar-refractivity contribution >= 4 is 17.2 Å². The fraction of sp³-hybridized carbons (Fsp3) is 0.412. The van der Waals surface area contributed by atoms with Gasteiger partial charge in [0.2, 0.25) is 0 Å². The van der Waals surface area contributed by atoms with E-state index in [2.05, 4.69) is 10.3 Å². The maximum absolute atomic E-state index is 12.9. The van der Waals surface area contributed by atoms with E-state index in [1.807, 2.05) is 17.3 Å². The third kappa shape index (κ3) is 3.95. The van der Waals surface area contributed by atoms with Crippen LogP contribution in [0.1, 0.15) is 33.9 Å². The lowest BCUT2D eigenvalue weighted by Crippen LogP contribution is -2.44. The highest BCUT2D eigenvalue weighted by atomic mass is 32.1. The molecule has 1 aromatic heterocycles. The molecule has 6 heteroatoms. The number of hydrogen-bond acceptors (Lipinski definition) is 4. The van der Waals surface area contributed by atoms with Crippen molar-refractivity contribution in [1.29, 1.82) is 0 Å². The molecule has 0 spiro atoms. The summed E-state index contributed by atoms with van der Waals surface area (Å²) in [4.78, 5) is 18.8. The first-order valence-corrected chi connectivity index (χ1v) is 8.68. The molecule has 1 N–H and O–H groups in total. The summed E-state index contributed by atoms with van der Waals surface area (Å²) in [6.45, 7) is 1.91. The van der Waals surface area contributed by atoms with E-state index < -0.39 is 0 Å². The molecule has 2 aromatic rings. The van der Waals surface area contributed by atoms with E-state index in [-0.39, 0.29) is 17.8 Å². The number of halogens is 1. The minimum absolute atomic E-state index is 0.0153. The van der Waals surface area contributed by atoms with Crippen LogP contribution in [0.5, 0.6) is 0 Å². The Kier molecular flexibility index (Phi) is 5.03. The van der Waals surface area contributed by atoms with Crippen LogP contribution in [-0.4, -0.2) is 42.0 Å². The SMILES string of the molecule is CN(C(=O)c1csc(Cc2ccc(F)cc2)n1)C1CCNCC1. The third-order valence-corrected chi connectivity index (χ3v) is 5.07. The van der Waals surface area contributed by atoms with Crippen LogP contribution in [0.2, 0.25) is 0 Å². The fourth-order valence-corrected chi connectivity index (χ4v) is 3.61. The second-order valence-electron chi connectivity index (χ2n) is 5.83. The van der Waals surface area contributed by atoms with Crippen LogP contribution >= 0.6 is 11.3 Å². The summed E-state index contributed by atoms with van der Waals surface area (Å²) in [6, 6.07) is 6.67. The summed E-state index contributed by atoms with van der Waals surface area (Å²) < 4.78 is 12.9. The van der Waals surface area contributed by atoms with Gasteiger partial charge in [0.25, 0.3) is 5.91 Å². The van der Waals surface area contributed by atoms with Gasteiger partial charge in [0.05, 0.1) is 5.01 Å². The number of aromatic nitrogens is 1. The van der Waals surface area contributed by atoms with Crippen LogP contribution in [0.3, 0.4) is 0 Å². The number of nitrogens with zero attached hydrogens (tertiary/aromatic N) is 2. The molecule has 0 aliphatic carbocycles. The Balaban J connectivity index is 1.65. The monoisotopic (exact) mass is 333 g/mol. The molecule has 4 nitrogen and oxygen atoms in total. The zero-order valence-electron chi connectivity index (χ0n) is 13.1. The molecular formula is C17H20FN3OS. The van der Waals surface area contributed by atoms with Gasteiger partial charge in [0.15, 0.2) is 0 Å². The van der Waals surface area contributed by atoms with Gasteiger partial charge in [-0.15, -0.1) is 11.3 Å². The Morgan fingerprint density at radius 3 is 2.74 bits per heavy atom. The number of amides is 1. The normalized spacial score (nSPS) is 15.6. The lowest BCUT2D eigenvalue weighted by Gasteiger charge is -2.31. The highest BCUT2D eigenvalue weighted by Crippen LogP contribution is 2.18. The first kappa shape index (κ1) is 16.1. The molecular weight excluding hydrogens is 313 g/mol. The lowest BCUT2D eigenvalue weighted by atomic mass is 10.1. The fourth-order valence-electron chi connectivity index (χ4n) is 2.81. The molecule has 1 aromatic carbocycles. The molecule has 1 aliphatic heterocycles. The minimum atomic E-state index is -0.243. The van der Waals surface area contributed by atoms with Crippen LogP contribution in [0, 0.1) is 5.82 Å². The van der Waals surface area contributed by atoms with Gasteiger partial charge in [-0.1, -0.05) is 12.1 Å². The van der Waals surface area contributed by atoms with Crippen LogP contribution < -0.4 is 5.32 Å². The van der Waals surface area contributed by atoms with Crippen molar-refractivity contribution in [3.8, 4) is 0 Å². The van der Waals surface area contributed by atoms with E-state index in [1.165, 1.54) is 23.5 Å². The van der Waals surface area contributed by atoms with Gasteiger partial charge in [-0.3, -0.25) is 4.79 Å². The average molecular weight is 333 g/mol. The van der Waals surface area contributed by atoms with Crippen LogP contribution in [-0.2, 0) is 6.42 Å². The molecule has 1 amide bonds. The molecule has 122 valence electrons. The van der Waals surface area contributed by atoms with Gasteiger partial charge in [-0.05, 0) is 43.6 Å². The molecule has 23 heavy (non-hydrogen) atoms. The summed E-state index contributed by atoms with van der Waals surface area (Å²) in [6.07, 6.45) is 2.58. The Labute approximate surface area is 139 Å². The zero-order chi connectivity index (χ0) is 16.2. The van der Waals surface area contributed by atoms with E-state index in [9.17, 15) is 9.18 Å². The molecule has 1 aliphatic rings. The Bertz CT molecular complexity index is 665. The van der Waals surface area contributed by atoms with Gasteiger partial charge in [0.1, 0.15) is 11.5 Å². The molecule has 0 bridgehead atoms. The van der Waals surface area contributed by atoms with Crippen LogP contribution in [0.25, 0.3) is 0 Å². The quantitative estimate of drug-likeness (QED) is 0.936. The number of rotatable bonds is 4. The van der Waals surface area contributed by atoms with Gasteiger partial charge in [-0.25, -0.2) is 9.37 Å². The van der Waals surface area contributed by atoms with Gasteiger partial charge >= 0.3 is 0 Å². The molecule has 0 radical (unpaired) electrons. The van der Waals surface area contributed by atoms with Crippen molar-refractivity contribution in [1.82, 2.24) is 15.2 Å². The molecule has 1 fully saturated rings. The first-order valence-electron chi connectivity index (χ1n) is 7.80. The summed E-state index contributed by atoms with van der Waals surface area (Å²) >= 11 is 1.48. The molecule has 3 rings (SSSR count). The highest BCUT2D eigenvalue weighted by Gasteiger charge is 2.24. The predicted molar refractivity (Wildman–Crippen MR) is 89.3 cm³/mol. The molecule has 0 unspecified atom stereocenters. The molecule has 1 saturated heterocycles. The van der Waals surface area contributed by atoms with Gasteiger partial charge < -0.3 is 10.2 Å². The summed E-state index contributed by atoms with van der Waals surface area (Å²) in [7, 11) is 1.86. The third-order valence-electron chi connectivity index (χ3n) is 4.22. The van der Waals surface area contributed by atoms with Crippen molar-refractivity contribution in [2.75, 3.05) is 20.1 Å². The van der Waals surface area contributed by atoms with E-state index in [1.54, 1.807) is 12.1 Å². The summed E-state index contributed by atoms with van der Waals surface area (Å²) in [5, 5.41) is 6.00. The number of thiazole rings is 1. The highest BCUT2D eigenvalue weighted by molar-refractivity contribution is 7.09. The summed E-state index contributed by atoms with van der Waals surface area (Å²) in [5.41, 5.74) is 1.50.